The molecule has 0 aromatic heterocycles. The molecule has 0 heterocycles. The number of likely N-dealkylation sites (N-methyl/N-ethyl adjacent to an activating group) is 2. The molecule has 0 aliphatic carbocycles. The monoisotopic (exact) mass is 276 g/mol. The van der Waals surface area contributed by atoms with Crippen molar-refractivity contribution in [3.63, 3.8) is 0 Å². The maximum atomic E-state index is 3.59. The number of aryl methyl sites for hydroxylation is 2. The topological polar surface area (TPSA) is 15.3 Å². The molecule has 1 atom stereocenters. The number of hydrogen-bond acceptors (Lipinski definition) is 2. The van der Waals surface area contributed by atoms with Gasteiger partial charge in [0.05, 0.1) is 0 Å². The van der Waals surface area contributed by atoms with Gasteiger partial charge in [0, 0.05) is 11.6 Å². The smallest absolute Gasteiger partial charge is 0.0354 e. The summed E-state index contributed by atoms with van der Waals surface area (Å²) in [6.45, 7) is 9.06. The average molecular weight is 276 g/mol. The van der Waals surface area contributed by atoms with Crippen LogP contribution < -0.4 is 5.32 Å². The second-order valence-electron chi connectivity index (χ2n) is 6.12. The van der Waals surface area contributed by atoms with Crippen LogP contribution in [0.5, 0.6) is 0 Å². The fourth-order valence-electron chi connectivity index (χ4n) is 3.62. The fourth-order valence-corrected chi connectivity index (χ4v) is 3.62. The fraction of sp³-hybridized carbons (Fsp3) is 0.667. The van der Waals surface area contributed by atoms with Crippen LogP contribution >= 0.6 is 0 Å². The van der Waals surface area contributed by atoms with Crippen molar-refractivity contribution in [1.82, 2.24) is 10.2 Å². The quantitative estimate of drug-likeness (QED) is 0.819. The molecular weight excluding hydrogens is 244 g/mol. The van der Waals surface area contributed by atoms with Crippen LogP contribution in [0.25, 0.3) is 0 Å². The van der Waals surface area contributed by atoms with Crippen LogP contribution in [0.3, 0.4) is 0 Å². The van der Waals surface area contributed by atoms with E-state index in [0.29, 0.717) is 6.04 Å². The van der Waals surface area contributed by atoms with Crippen molar-refractivity contribution in [3.8, 4) is 0 Å². The van der Waals surface area contributed by atoms with Crippen LogP contribution in [0.2, 0.25) is 0 Å². The van der Waals surface area contributed by atoms with Crippen LogP contribution in [0.4, 0.5) is 0 Å². The minimum absolute atomic E-state index is 0.212. The molecule has 1 aromatic rings. The molecule has 0 saturated heterocycles. The summed E-state index contributed by atoms with van der Waals surface area (Å²) in [6, 6.07) is 7.07. The van der Waals surface area contributed by atoms with Gasteiger partial charge in [0.2, 0.25) is 0 Å². The summed E-state index contributed by atoms with van der Waals surface area (Å²) < 4.78 is 0. The van der Waals surface area contributed by atoms with Crippen molar-refractivity contribution in [2.24, 2.45) is 0 Å². The largest absolute Gasteiger partial charge is 0.315 e. The number of nitrogens with zero attached hydrogens (tertiary/aromatic N) is 1. The second kappa shape index (κ2) is 7.24. The Morgan fingerprint density at radius 2 is 1.60 bits per heavy atom. The highest BCUT2D eigenvalue weighted by atomic mass is 15.2. The number of benzene rings is 1. The van der Waals surface area contributed by atoms with E-state index in [1.54, 1.807) is 0 Å². The van der Waals surface area contributed by atoms with Gasteiger partial charge >= 0.3 is 0 Å². The summed E-state index contributed by atoms with van der Waals surface area (Å²) in [5, 5.41) is 3.59. The summed E-state index contributed by atoms with van der Waals surface area (Å²) in [6.07, 6.45) is 3.41. The van der Waals surface area contributed by atoms with E-state index in [1.165, 1.54) is 16.7 Å². The second-order valence-corrected chi connectivity index (χ2v) is 6.12. The highest BCUT2D eigenvalue weighted by molar-refractivity contribution is 5.34. The van der Waals surface area contributed by atoms with Crippen molar-refractivity contribution in [2.45, 2.75) is 58.5 Å². The maximum absolute atomic E-state index is 3.59. The minimum atomic E-state index is 0.212. The molecule has 0 bridgehead atoms. The van der Waals surface area contributed by atoms with Gasteiger partial charge in [-0.25, -0.2) is 0 Å². The van der Waals surface area contributed by atoms with Gasteiger partial charge in [-0.15, -0.1) is 0 Å². The summed E-state index contributed by atoms with van der Waals surface area (Å²) >= 11 is 0. The van der Waals surface area contributed by atoms with Gasteiger partial charge < -0.3 is 10.2 Å². The highest BCUT2D eigenvalue weighted by Gasteiger charge is 2.37. The molecule has 0 aliphatic heterocycles. The zero-order chi connectivity index (χ0) is 15.3. The first kappa shape index (κ1) is 17.2. The predicted molar refractivity (Wildman–Crippen MR) is 89.5 cm³/mol. The number of nitrogens with one attached hydrogen (secondary N) is 1. The van der Waals surface area contributed by atoms with E-state index in [4.69, 9.17) is 0 Å². The van der Waals surface area contributed by atoms with Gasteiger partial charge in [-0.05, 0) is 70.9 Å². The van der Waals surface area contributed by atoms with Crippen molar-refractivity contribution in [2.75, 3.05) is 21.1 Å². The Kier molecular flexibility index (Phi) is 6.22. The Hall–Kier alpha value is -0.860. The van der Waals surface area contributed by atoms with Gasteiger partial charge in [-0.3, -0.25) is 0 Å². The summed E-state index contributed by atoms with van der Waals surface area (Å²) in [4.78, 5) is 2.40. The number of hydrogen-bond donors (Lipinski definition) is 1. The molecule has 1 unspecified atom stereocenters. The van der Waals surface area contributed by atoms with Crippen LogP contribution in [0.15, 0.2) is 18.2 Å². The molecule has 0 amide bonds. The van der Waals surface area contributed by atoms with Gasteiger partial charge in [0.25, 0.3) is 0 Å². The summed E-state index contributed by atoms with van der Waals surface area (Å²) in [7, 11) is 6.52. The molecule has 114 valence electrons. The lowest BCUT2D eigenvalue weighted by molar-refractivity contribution is 0.0916. The van der Waals surface area contributed by atoms with E-state index in [-0.39, 0.29) is 5.54 Å². The van der Waals surface area contributed by atoms with E-state index in [0.717, 1.165) is 19.3 Å². The molecule has 1 aromatic carbocycles. The molecule has 2 heteroatoms. The Morgan fingerprint density at radius 3 is 1.95 bits per heavy atom. The van der Waals surface area contributed by atoms with E-state index in [2.05, 4.69) is 77.3 Å². The van der Waals surface area contributed by atoms with Gasteiger partial charge in [0.15, 0.2) is 0 Å². The SMILES string of the molecule is CCC(CC)(C(Cc1c(C)cccc1C)NC)N(C)C. The van der Waals surface area contributed by atoms with Gasteiger partial charge in [-0.1, -0.05) is 32.0 Å². The van der Waals surface area contributed by atoms with Crippen LogP contribution in [-0.2, 0) is 6.42 Å². The van der Waals surface area contributed by atoms with Gasteiger partial charge in [0.1, 0.15) is 0 Å². The standard InChI is InChI=1S/C18H32N2/c1-8-18(9-2,20(6)7)17(19-5)13-16-14(3)11-10-12-15(16)4/h10-12,17,19H,8-9,13H2,1-7H3. The van der Waals surface area contributed by atoms with E-state index < -0.39 is 0 Å². The number of rotatable bonds is 7. The lowest BCUT2D eigenvalue weighted by Gasteiger charge is -2.45. The maximum Gasteiger partial charge on any atom is 0.0354 e. The molecule has 0 saturated carbocycles. The summed E-state index contributed by atoms with van der Waals surface area (Å²) in [5.74, 6) is 0. The molecule has 0 spiro atoms. The molecule has 1 N–H and O–H groups in total. The molecule has 2 nitrogen and oxygen atoms in total. The normalized spacial score (nSPS) is 13.8. The van der Waals surface area contributed by atoms with Crippen LogP contribution in [0.1, 0.15) is 43.4 Å². The molecule has 0 radical (unpaired) electrons. The Bertz CT molecular complexity index is 399. The molecule has 0 aliphatic rings. The first-order valence-corrected chi connectivity index (χ1v) is 7.82. The minimum Gasteiger partial charge on any atom is -0.315 e. The van der Waals surface area contributed by atoms with E-state index in [9.17, 15) is 0 Å². The third-order valence-electron chi connectivity index (χ3n) is 5.16. The first-order valence-electron chi connectivity index (χ1n) is 7.82. The first-order chi connectivity index (χ1) is 9.42. The molecule has 0 fully saturated rings. The zero-order valence-electron chi connectivity index (χ0n) is 14.4. The summed E-state index contributed by atoms with van der Waals surface area (Å²) in [5.41, 5.74) is 4.53. The van der Waals surface area contributed by atoms with Gasteiger partial charge in [-0.2, -0.15) is 0 Å². The predicted octanol–water partition coefficient (Wildman–Crippen LogP) is 3.55. The average Bonchev–Trinajstić information content (AvgIpc) is 2.42. The Morgan fingerprint density at radius 1 is 1.10 bits per heavy atom. The van der Waals surface area contributed by atoms with Crippen LogP contribution in [-0.4, -0.2) is 37.6 Å². The third-order valence-corrected chi connectivity index (χ3v) is 5.16. The van der Waals surface area contributed by atoms with Crippen molar-refractivity contribution >= 4 is 0 Å². The van der Waals surface area contributed by atoms with Crippen molar-refractivity contribution in [1.29, 1.82) is 0 Å². The molecule has 1 rings (SSSR count). The third kappa shape index (κ3) is 3.24. The van der Waals surface area contributed by atoms with Crippen molar-refractivity contribution in [3.05, 3.63) is 34.9 Å². The molecular formula is C18H32N2. The van der Waals surface area contributed by atoms with E-state index in [1.807, 2.05) is 0 Å². The van der Waals surface area contributed by atoms with E-state index >= 15 is 0 Å². The lowest BCUT2D eigenvalue weighted by atomic mass is 9.79. The zero-order valence-corrected chi connectivity index (χ0v) is 14.4. The van der Waals surface area contributed by atoms with Crippen molar-refractivity contribution < 1.29 is 0 Å². The lowest BCUT2D eigenvalue weighted by Crippen LogP contribution is -2.58. The van der Waals surface area contributed by atoms with Crippen LogP contribution in [0, 0.1) is 13.8 Å². The Labute approximate surface area is 125 Å². The Balaban J connectivity index is 3.13. The molecule has 20 heavy (non-hydrogen) atoms. The highest BCUT2D eigenvalue weighted by Crippen LogP contribution is 2.29.